The molecule has 0 saturated carbocycles. The molecule has 88 valence electrons. The Labute approximate surface area is 96.8 Å². The third-order valence-electron chi connectivity index (χ3n) is 3.22. The Kier molecular flexibility index (Phi) is 3.80. The molecule has 2 rings (SSSR count). The molecule has 1 heterocycles. The van der Waals surface area contributed by atoms with E-state index in [1.807, 2.05) is 19.2 Å². The van der Waals surface area contributed by atoms with Gasteiger partial charge in [-0.3, -0.25) is 0 Å². The van der Waals surface area contributed by atoms with Crippen LogP contribution in [0.1, 0.15) is 18.0 Å². The summed E-state index contributed by atoms with van der Waals surface area (Å²) >= 11 is 0. The van der Waals surface area contributed by atoms with Gasteiger partial charge in [-0.1, -0.05) is 12.1 Å². The van der Waals surface area contributed by atoms with Crippen LogP contribution in [0.25, 0.3) is 0 Å². The molecule has 0 amide bonds. The average molecular weight is 221 g/mol. The first-order valence-corrected chi connectivity index (χ1v) is 5.74. The average Bonchev–Trinajstić information content (AvgIpc) is 2.85. The molecule has 0 bridgehead atoms. The Hall–Kier alpha value is -1.06. The van der Waals surface area contributed by atoms with Crippen molar-refractivity contribution in [2.24, 2.45) is 5.92 Å². The molecule has 1 aromatic carbocycles. The highest BCUT2D eigenvalue weighted by molar-refractivity contribution is 5.29. The smallest absolute Gasteiger partial charge is 0.118 e. The molecule has 3 heteroatoms. The summed E-state index contributed by atoms with van der Waals surface area (Å²) in [6.07, 6.45) is 1.14. The highest BCUT2D eigenvalue weighted by atomic mass is 16.5. The lowest BCUT2D eigenvalue weighted by atomic mass is 9.92. The molecule has 1 fully saturated rings. The van der Waals surface area contributed by atoms with Gasteiger partial charge in [-0.25, -0.2) is 0 Å². The van der Waals surface area contributed by atoms with Crippen LogP contribution >= 0.6 is 0 Å². The van der Waals surface area contributed by atoms with Crippen LogP contribution < -0.4 is 10.1 Å². The van der Waals surface area contributed by atoms with E-state index in [1.165, 1.54) is 5.56 Å². The minimum absolute atomic E-state index is 0.383. The Morgan fingerprint density at radius 3 is 2.62 bits per heavy atom. The minimum atomic E-state index is 0.383. The fourth-order valence-corrected chi connectivity index (χ4v) is 2.30. The van der Waals surface area contributed by atoms with Gasteiger partial charge in [0.1, 0.15) is 5.75 Å². The molecule has 0 radical (unpaired) electrons. The SMILES string of the molecule is CNC(c1ccc(OC)cc1)C1CCOC1. The number of ether oxygens (including phenoxy) is 2. The van der Waals surface area contributed by atoms with Crippen LogP contribution in [0.4, 0.5) is 0 Å². The van der Waals surface area contributed by atoms with E-state index < -0.39 is 0 Å². The first-order chi connectivity index (χ1) is 7.85. The maximum Gasteiger partial charge on any atom is 0.118 e. The highest BCUT2D eigenvalue weighted by Crippen LogP contribution is 2.29. The molecule has 2 atom stereocenters. The van der Waals surface area contributed by atoms with E-state index in [0.29, 0.717) is 12.0 Å². The number of nitrogens with one attached hydrogen (secondary N) is 1. The van der Waals surface area contributed by atoms with Gasteiger partial charge in [0.2, 0.25) is 0 Å². The zero-order chi connectivity index (χ0) is 11.4. The van der Waals surface area contributed by atoms with Crippen LogP contribution in [-0.4, -0.2) is 27.4 Å². The second-order valence-corrected chi connectivity index (χ2v) is 4.16. The molecular weight excluding hydrogens is 202 g/mol. The van der Waals surface area contributed by atoms with Crippen LogP contribution in [0, 0.1) is 5.92 Å². The largest absolute Gasteiger partial charge is 0.497 e. The van der Waals surface area contributed by atoms with Crippen molar-refractivity contribution >= 4 is 0 Å². The summed E-state index contributed by atoms with van der Waals surface area (Å²) < 4.78 is 10.6. The quantitative estimate of drug-likeness (QED) is 0.843. The number of rotatable bonds is 4. The summed E-state index contributed by atoms with van der Waals surface area (Å²) in [5.74, 6) is 1.49. The van der Waals surface area contributed by atoms with Crippen LogP contribution in [0.15, 0.2) is 24.3 Å². The predicted octanol–water partition coefficient (Wildman–Crippen LogP) is 1.99. The van der Waals surface area contributed by atoms with Crippen molar-refractivity contribution < 1.29 is 9.47 Å². The van der Waals surface area contributed by atoms with Crippen LogP contribution in [0.2, 0.25) is 0 Å². The number of benzene rings is 1. The Morgan fingerprint density at radius 2 is 2.12 bits per heavy atom. The van der Waals surface area contributed by atoms with Crippen LogP contribution in [-0.2, 0) is 4.74 Å². The molecule has 1 saturated heterocycles. The summed E-state index contributed by atoms with van der Waals surface area (Å²) in [4.78, 5) is 0. The van der Waals surface area contributed by atoms with Crippen molar-refractivity contribution in [3.05, 3.63) is 29.8 Å². The molecule has 16 heavy (non-hydrogen) atoms. The highest BCUT2D eigenvalue weighted by Gasteiger charge is 2.25. The number of methoxy groups -OCH3 is 1. The first kappa shape index (κ1) is 11.4. The van der Waals surface area contributed by atoms with Gasteiger partial charge >= 0.3 is 0 Å². The van der Waals surface area contributed by atoms with Crippen molar-refractivity contribution in [2.45, 2.75) is 12.5 Å². The Bertz CT molecular complexity index is 317. The first-order valence-electron chi connectivity index (χ1n) is 5.74. The molecular formula is C13H19NO2. The maximum absolute atomic E-state index is 5.44. The minimum Gasteiger partial charge on any atom is -0.497 e. The van der Waals surface area contributed by atoms with Gasteiger partial charge in [0.05, 0.1) is 13.7 Å². The predicted molar refractivity (Wildman–Crippen MR) is 63.7 cm³/mol. The zero-order valence-electron chi connectivity index (χ0n) is 9.90. The lowest BCUT2D eigenvalue weighted by Gasteiger charge is -2.22. The van der Waals surface area contributed by atoms with Gasteiger partial charge in [0, 0.05) is 18.6 Å². The van der Waals surface area contributed by atoms with Crippen LogP contribution in [0.3, 0.4) is 0 Å². The van der Waals surface area contributed by atoms with Gasteiger partial charge in [-0.05, 0) is 31.2 Å². The molecule has 0 aliphatic carbocycles. The van der Waals surface area contributed by atoms with Crippen LogP contribution in [0.5, 0.6) is 5.75 Å². The lowest BCUT2D eigenvalue weighted by Crippen LogP contribution is -2.25. The summed E-state index contributed by atoms with van der Waals surface area (Å²) in [6, 6.07) is 8.65. The van der Waals surface area contributed by atoms with E-state index in [1.54, 1.807) is 7.11 Å². The van der Waals surface area contributed by atoms with Gasteiger partial charge < -0.3 is 14.8 Å². The summed E-state index contributed by atoms with van der Waals surface area (Å²) in [6.45, 7) is 1.75. The molecule has 0 aromatic heterocycles. The van der Waals surface area contributed by atoms with Crippen molar-refractivity contribution in [3.63, 3.8) is 0 Å². The monoisotopic (exact) mass is 221 g/mol. The fraction of sp³-hybridized carbons (Fsp3) is 0.538. The molecule has 1 aliphatic heterocycles. The van der Waals surface area contributed by atoms with Gasteiger partial charge in [0.15, 0.2) is 0 Å². The van der Waals surface area contributed by atoms with E-state index in [4.69, 9.17) is 9.47 Å². The van der Waals surface area contributed by atoms with E-state index >= 15 is 0 Å². The van der Waals surface area contributed by atoms with Crippen molar-refractivity contribution in [3.8, 4) is 5.75 Å². The van der Waals surface area contributed by atoms with Crippen molar-refractivity contribution in [2.75, 3.05) is 27.4 Å². The van der Waals surface area contributed by atoms with E-state index in [0.717, 1.165) is 25.4 Å². The van der Waals surface area contributed by atoms with Crippen molar-refractivity contribution in [1.82, 2.24) is 5.32 Å². The molecule has 3 nitrogen and oxygen atoms in total. The Morgan fingerprint density at radius 1 is 1.38 bits per heavy atom. The number of hydrogen-bond donors (Lipinski definition) is 1. The summed E-state index contributed by atoms with van der Waals surface area (Å²) in [5, 5.41) is 3.38. The summed E-state index contributed by atoms with van der Waals surface area (Å²) in [5.41, 5.74) is 1.30. The second kappa shape index (κ2) is 5.32. The lowest BCUT2D eigenvalue weighted by molar-refractivity contribution is 0.178. The third kappa shape index (κ3) is 2.36. The zero-order valence-corrected chi connectivity index (χ0v) is 9.90. The van der Waals surface area contributed by atoms with E-state index in [-0.39, 0.29) is 0 Å². The number of hydrogen-bond acceptors (Lipinski definition) is 3. The van der Waals surface area contributed by atoms with Crippen molar-refractivity contribution in [1.29, 1.82) is 0 Å². The second-order valence-electron chi connectivity index (χ2n) is 4.16. The van der Waals surface area contributed by atoms with E-state index in [2.05, 4.69) is 17.4 Å². The molecule has 2 unspecified atom stereocenters. The summed E-state index contributed by atoms with van der Waals surface area (Å²) in [7, 11) is 3.70. The molecule has 1 aromatic rings. The standard InChI is InChI=1S/C13H19NO2/c1-14-13(11-7-8-16-9-11)10-3-5-12(15-2)6-4-10/h3-6,11,13-14H,7-9H2,1-2H3. The van der Waals surface area contributed by atoms with Gasteiger partial charge in [-0.15, -0.1) is 0 Å². The maximum atomic E-state index is 5.44. The van der Waals surface area contributed by atoms with Gasteiger partial charge in [-0.2, -0.15) is 0 Å². The molecule has 0 spiro atoms. The topological polar surface area (TPSA) is 30.5 Å². The fourth-order valence-electron chi connectivity index (χ4n) is 2.30. The molecule has 1 N–H and O–H groups in total. The normalized spacial score (nSPS) is 22.0. The van der Waals surface area contributed by atoms with Gasteiger partial charge in [0.25, 0.3) is 0 Å². The Balaban J connectivity index is 2.12. The van der Waals surface area contributed by atoms with E-state index in [9.17, 15) is 0 Å². The third-order valence-corrected chi connectivity index (χ3v) is 3.22. The molecule has 1 aliphatic rings.